The van der Waals surface area contributed by atoms with Crippen molar-refractivity contribution in [3.8, 4) is 0 Å². The van der Waals surface area contributed by atoms with E-state index in [2.05, 4.69) is 10.6 Å². The molecule has 136 valence electrons. The lowest BCUT2D eigenvalue weighted by Gasteiger charge is -2.15. The zero-order valence-electron chi connectivity index (χ0n) is 14.3. The van der Waals surface area contributed by atoms with E-state index in [1.807, 2.05) is 6.07 Å². The van der Waals surface area contributed by atoms with Gasteiger partial charge in [-0.25, -0.2) is 14.4 Å². The first-order valence-corrected chi connectivity index (χ1v) is 8.11. The Hall–Kier alpha value is -3.35. The number of anilines is 1. The highest BCUT2D eigenvalue weighted by Crippen LogP contribution is 2.11. The summed E-state index contributed by atoms with van der Waals surface area (Å²) in [6.07, 6.45) is 0.172. The van der Waals surface area contributed by atoms with E-state index >= 15 is 0 Å². The van der Waals surface area contributed by atoms with Crippen LogP contribution in [0, 0.1) is 0 Å². The number of ether oxygens (including phenoxy) is 1. The van der Waals surface area contributed by atoms with Gasteiger partial charge in [-0.15, -0.1) is 0 Å². The van der Waals surface area contributed by atoms with Crippen LogP contribution in [0.1, 0.15) is 22.8 Å². The average molecular weight is 356 g/mol. The zero-order valence-corrected chi connectivity index (χ0v) is 14.3. The van der Waals surface area contributed by atoms with Gasteiger partial charge in [0.25, 0.3) is 0 Å². The third-order valence-corrected chi connectivity index (χ3v) is 3.54. The number of hydrogen-bond donors (Lipinski definition) is 3. The summed E-state index contributed by atoms with van der Waals surface area (Å²) in [5.74, 6) is -1.57. The minimum absolute atomic E-state index is 0.172. The first-order valence-electron chi connectivity index (χ1n) is 8.11. The van der Waals surface area contributed by atoms with E-state index in [1.54, 1.807) is 43.3 Å². The predicted molar refractivity (Wildman–Crippen MR) is 96.1 cm³/mol. The predicted octanol–water partition coefficient (Wildman–Crippen LogP) is 2.68. The molecule has 2 aromatic carbocycles. The molecule has 0 saturated heterocycles. The monoisotopic (exact) mass is 356 g/mol. The first-order chi connectivity index (χ1) is 12.5. The third-order valence-electron chi connectivity index (χ3n) is 3.54. The number of carbonyl (C=O) groups is 3. The summed E-state index contributed by atoms with van der Waals surface area (Å²) in [5, 5.41) is 14.3. The number of benzene rings is 2. The van der Waals surface area contributed by atoms with Gasteiger partial charge in [-0.3, -0.25) is 0 Å². The van der Waals surface area contributed by atoms with Crippen molar-refractivity contribution in [3.63, 3.8) is 0 Å². The first kappa shape index (κ1) is 19.0. The van der Waals surface area contributed by atoms with Crippen LogP contribution in [0.2, 0.25) is 0 Å². The number of aliphatic carboxylic acids is 1. The Bertz CT molecular complexity index is 759. The fourth-order valence-corrected chi connectivity index (χ4v) is 2.28. The highest BCUT2D eigenvalue weighted by Gasteiger charge is 2.20. The summed E-state index contributed by atoms with van der Waals surface area (Å²) in [6.45, 7) is 1.99. The molecule has 0 heterocycles. The van der Waals surface area contributed by atoms with E-state index in [-0.39, 0.29) is 13.0 Å². The van der Waals surface area contributed by atoms with Crippen molar-refractivity contribution < 1.29 is 24.2 Å². The average Bonchev–Trinajstić information content (AvgIpc) is 2.62. The third kappa shape index (κ3) is 5.62. The molecule has 0 radical (unpaired) electrons. The Balaban J connectivity index is 1.95. The number of carboxylic acid groups (broad SMARTS) is 1. The fourth-order valence-electron chi connectivity index (χ4n) is 2.28. The smallest absolute Gasteiger partial charge is 0.338 e. The van der Waals surface area contributed by atoms with Crippen molar-refractivity contribution in [1.82, 2.24) is 5.32 Å². The van der Waals surface area contributed by atoms with Crippen molar-refractivity contribution in [2.45, 2.75) is 19.4 Å². The van der Waals surface area contributed by atoms with E-state index < -0.39 is 24.0 Å². The van der Waals surface area contributed by atoms with Gasteiger partial charge in [0, 0.05) is 12.1 Å². The van der Waals surface area contributed by atoms with Gasteiger partial charge < -0.3 is 20.5 Å². The van der Waals surface area contributed by atoms with Crippen molar-refractivity contribution >= 4 is 23.7 Å². The molecule has 0 bridgehead atoms. The molecule has 2 aromatic rings. The lowest BCUT2D eigenvalue weighted by molar-refractivity contribution is -0.139. The Morgan fingerprint density at radius 2 is 1.69 bits per heavy atom. The molecule has 1 unspecified atom stereocenters. The maximum atomic E-state index is 12.1. The maximum absolute atomic E-state index is 12.1. The molecule has 0 aliphatic rings. The number of nitrogens with one attached hydrogen (secondary N) is 2. The standard InChI is InChI=1S/C19H20N2O5/c1-2-26-18(24)14-8-10-15(11-9-14)20-19(25)21-16(17(22)23)12-13-6-4-3-5-7-13/h3-11,16H,2,12H2,1H3,(H,22,23)(H2,20,21,25). The summed E-state index contributed by atoms with van der Waals surface area (Å²) in [5.41, 5.74) is 1.60. The van der Waals surface area contributed by atoms with Gasteiger partial charge in [0.05, 0.1) is 12.2 Å². The second-order valence-corrected chi connectivity index (χ2v) is 5.48. The van der Waals surface area contributed by atoms with E-state index in [9.17, 15) is 19.5 Å². The molecule has 0 spiro atoms. The molecule has 7 heteroatoms. The van der Waals surface area contributed by atoms with Gasteiger partial charge in [0.1, 0.15) is 6.04 Å². The fraction of sp³-hybridized carbons (Fsp3) is 0.211. The molecule has 7 nitrogen and oxygen atoms in total. The normalized spacial score (nSPS) is 11.3. The van der Waals surface area contributed by atoms with Crippen LogP contribution in [0.3, 0.4) is 0 Å². The lowest BCUT2D eigenvalue weighted by atomic mass is 10.1. The zero-order chi connectivity index (χ0) is 18.9. The minimum Gasteiger partial charge on any atom is -0.480 e. The quantitative estimate of drug-likeness (QED) is 0.662. The number of urea groups is 1. The second-order valence-electron chi connectivity index (χ2n) is 5.48. The van der Waals surface area contributed by atoms with Crippen LogP contribution in [0.4, 0.5) is 10.5 Å². The van der Waals surface area contributed by atoms with Crippen molar-refractivity contribution in [2.75, 3.05) is 11.9 Å². The molecule has 0 aliphatic heterocycles. The van der Waals surface area contributed by atoms with Crippen LogP contribution in [0.15, 0.2) is 54.6 Å². The Kier molecular flexibility index (Phi) is 6.73. The van der Waals surface area contributed by atoms with Gasteiger partial charge in [-0.1, -0.05) is 30.3 Å². The summed E-state index contributed by atoms with van der Waals surface area (Å²) in [6, 6.07) is 13.5. The highest BCUT2D eigenvalue weighted by molar-refractivity contribution is 5.94. The van der Waals surface area contributed by atoms with Crippen molar-refractivity contribution in [2.24, 2.45) is 0 Å². The molecule has 2 rings (SSSR count). The number of amides is 2. The number of carbonyl (C=O) groups excluding carboxylic acids is 2. The van der Waals surface area contributed by atoms with E-state index in [0.29, 0.717) is 11.3 Å². The molecule has 0 aromatic heterocycles. The Labute approximate surface area is 151 Å². The van der Waals surface area contributed by atoms with Crippen molar-refractivity contribution in [3.05, 3.63) is 65.7 Å². The van der Waals surface area contributed by atoms with Gasteiger partial charge in [0.2, 0.25) is 0 Å². The van der Waals surface area contributed by atoms with Crippen LogP contribution >= 0.6 is 0 Å². The number of esters is 1. The van der Waals surface area contributed by atoms with Crippen LogP contribution < -0.4 is 10.6 Å². The topological polar surface area (TPSA) is 105 Å². The summed E-state index contributed by atoms with van der Waals surface area (Å²) >= 11 is 0. The largest absolute Gasteiger partial charge is 0.480 e. The number of hydrogen-bond acceptors (Lipinski definition) is 4. The van der Waals surface area contributed by atoms with E-state index in [4.69, 9.17) is 4.74 Å². The van der Waals surface area contributed by atoms with Crippen LogP contribution in [-0.4, -0.2) is 35.7 Å². The molecule has 3 N–H and O–H groups in total. The highest BCUT2D eigenvalue weighted by atomic mass is 16.5. The Morgan fingerprint density at radius 3 is 2.27 bits per heavy atom. The summed E-state index contributed by atoms with van der Waals surface area (Å²) in [7, 11) is 0. The molecule has 2 amide bonds. The number of rotatable bonds is 7. The Morgan fingerprint density at radius 1 is 1.04 bits per heavy atom. The summed E-state index contributed by atoms with van der Waals surface area (Å²) in [4.78, 5) is 35.0. The van der Waals surface area contributed by atoms with Gasteiger partial charge in [0.15, 0.2) is 0 Å². The van der Waals surface area contributed by atoms with Crippen LogP contribution in [0.5, 0.6) is 0 Å². The van der Waals surface area contributed by atoms with Crippen LogP contribution in [-0.2, 0) is 16.0 Å². The minimum atomic E-state index is -1.12. The SMILES string of the molecule is CCOC(=O)c1ccc(NC(=O)NC(Cc2ccccc2)C(=O)O)cc1. The lowest BCUT2D eigenvalue weighted by Crippen LogP contribution is -2.44. The molecule has 0 fully saturated rings. The molecule has 26 heavy (non-hydrogen) atoms. The summed E-state index contributed by atoms with van der Waals surface area (Å²) < 4.78 is 4.88. The second kappa shape index (κ2) is 9.22. The molecule has 0 saturated carbocycles. The van der Waals surface area contributed by atoms with Gasteiger partial charge >= 0.3 is 18.0 Å². The van der Waals surface area contributed by atoms with Crippen molar-refractivity contribution in [1.29, 1.82) is 0 Å². The van der Waals surface area contributed by atoms with E-state index in [1.165, 1.54) is 12.1 Å². The van der Waals surface area contributed by atoms with Gasteiger partial charge in [-0.2, -0.15) is 0 Å². The van der Waals surface area contributed by atoms with E-state index in [0.717, 1.165) is 5.56 Å². The van der Waals surface area contributed by atoms with Gasteiger partial charge in [-0.05, 0) is 36.8 Å². The van der Waals surface area contributed by atoms with Crippen LogP contribution in [0.25, 0.3) is 0 Å². The molecular formula is C19H20N2O5. The molecule has 1 atom stereocenters. The molecule has 0 aliphatic carbocycles. The molecular weight excluding hydrogens is 336 g/mol. The number of carboxylic acids is 1. The maximum Gasteiger partial charge on any atom is 0.338 e.